The molecular formula is C24H38N6O6S. The van der Waals surface area contributed by atoms with Crippen molar-refractivity contribution in [1.29, 1.82) is 0 Å². The number of carbonyl (C=O) groups excluding carboxylic acids is 4. The lowest BCUT2D eigenvalue weighted by atomic mass is 10.0. The summed E-state index contributed by atoms with van der Waals surface area (Å²) in [5.74, 6) is -3.70. The SMILES string of the molecule is CSCCC(NC(=O)C(N)CCCCN)C(=O)NC(Cc1ccccc1)C(=O)NC(CC(N)=O)C(=O)O. The molecule has 0 aliphatic carbocycles. The van der Waals surface area contributed by atoms with Gasteiger partial charge in [-0.2, -0.15) is 11.8 Å². The normalized spacial score (nSPS) is 14.0. The molecule has 4 amide bonds. The van der Waals surface area contributed by atoms with E-state index in [0.717, 1.165) is 6.42 Å². The quantitative estimate of drug-likeness (QED) is 0.112. The largest absolute Gasteiger partial charge is 0.480 e. The fraction of sp³-hybridized carbons (Fsp3) is 0.542. The minimum atomic E-state index is -1.56. The highest BCUT2D eigenvalue weighted by Crippen LogP contribution is 2.08. The van der Waals surface area contributed by atoms with Crippen LogP contribution in [0, 0.1) is 0 Å². The standard InChI is InChI=1S/C24H38N6O6S/c1-37-12-10-17(28-21(32)16(26)9-5-6-11-25)22(33)29-18(13-15-7-3-2-4-8-15)23(34)30-19(24(35)36)14-20(27)31/h2-4,7-8,16-19H,5-6,9-14,25-26H2,1H3,(H2,27,31)(H,28,32)(H,29,33)(H,30,34)(H,35,36). The third-order valence-corrected chi connectivity index (χ3v) is 6.13. The number of nitrogens with two attached hydrogens (primary N) is 3. The number of benzene rings is 1. The highest BCUT2D eigenvalue weighted by molar-refractivity contribution is 7.98. The van der Waals surface area contributed by atoms with Crippen LogP contribution >= 0.6 is 11.8 Å². The fourth-order valence-electron chi connectivity index (χ4n) is 3.43. The van der Waals surface area contributed by atoms with Crippen molar-refractivity contribution in [2.24, 2.45) is 17.2 Å². The van der Waals surface area contributed by atoms with Crippen LogP contribution in [0.1, 0.15) is 37.7 Å². The van der Waals surface area contributed by atoms with Crippen LogP contribution in [0.25, 0.3) is 0 Å². The van der Waals surface area contributed by atoms with E-state index < -0.39 is 60.2 Å². The first-order valence-corrected chi connectivity index (χ1v) is 13.4. The van der Waals surface area contributed by atoms with Crippen LogP contribution in [-0.2, 0) is 30.4 Å². The molecular weight excluding hydrogens is 500 g/mol. The van der Waals surface area contributed by atoms with E-state index in [1.165, 1.54) is 11.8 Å². The zero-order valence-corrected chi connectivity index (χ0v) is 21.8. The minimum Gasteiger partial charge on any atom is -0.480 e. The summed E-state index contributed by atoms with van der Waals surface area (Å²) in [7, 11) is 0. The van der Waals surface area contributed by atoms with Crippen LogP contribution in [0.4, 0.5) is 0 Å². The van der Waals surface area contributed by atoms with Gasteiger partial charge in [0.1, 0.15) is 18.1 Å². The first kappa shape index (κ1) is 31.9. The Bertz CT molecular complexity index is 903. The van der Waals surface area contributed by atoms with Crippen molar-refractivity contribution in [1.82, 2.24) is 16.0 Å². The zero-order chi connectivity index (χ0) is 27.8. The Labute approximate surface area is 220 Å². The lowest BCUT2D eigenvalue weighted by molar-refractivity contribution is -0.143. The first-order valence-electron chi connectivity index (χ1n) is 12.0. The first-order chi connectivity index (χ1) is 17.6. The molecule has 1 rings (SSSR count). The molecule has 0 spiro atoms. The van der Waals surface area contributed by atoms with E-state index >= 15 is 0 Å². The highest BCUT2D eigenvalue weighted by atomic mass is 32.2. The van der Waals surface area contributed by atoms with Gasteiger partial charge >= 0.3 is 5.97 Å². The van der Waals surface area contributed by atoms with Crippen LogP contribution in [0.5, 0.6) is 0 Å². The van der Waals surface area contributed by atoms with Gasteiger partial charge in [-0.3, -0.25) is 19.2 Å². The molecule has 0 aliphatic heterocycles. The zero-order valence-electron chi connectivity index (χ0n) is 21.0. The van der Waals surface area contributed by atoms with Gasteiger partial charge in [0.05, 0.1) is 12.5 Å². The Morgan fingerprint density at radius 1 is 0.892 bits per heavy atom. The number of unbranched alkanes of at least 4 members (excludes halogenated alkanes) is 1. The number of hydrogen-bond acceptors (Lipinski definition) is 8. The summed E-state index contributed by atoms with van der Waals surface area (Å²) in [6, 6.07) is 4.28. The molecule has 10 N–H and O–H groups in total. The van der Waals surface area contributed by atoms with Gasteiger partial charge in [0, 0.05) is 6.42 Å². The Balaban J connectivity index is 3.05. The third kappa shape index (κ3) is 12.6. The number of carboxylic acid groups (broad SMARTS) is 1. The smallest absolute Gasteiger partial charge is 0.326 e. The summed E-state index contributed by atoms with van der Waals surface area (Å²) in [6.45, 7) is 0.486. The molecule has 4 unspecified atom stereocenters. The number of thioether (sulfide) groups is 1. The summed E-state index contributed by atoms with van der Waals surface area (Å²) in [5.41, 5.74) is 17.2. The number of carbonyl (C=O) groups is 5. The van der Waals surface area contributed by atoms with Crippen LogP contribution in [0.2, 0.25) is 0 Å². The number of carboxylic acids is 1. The number of rotatable bonds is 18. The van der Waals surface area contributed by atoms with Crippen LogP contribution in [-0.4, -0.2) is 77.4 Å². The molecule has 0 saturated heterocycles. The van der Waals surface area contributed by atoms with Crippen molar-refractivity contribution in [2.75, 3.05) is 18.6 Å². The van der Waals surface area contributed by atoms with Gasteiger partial charge in [-0.05, 0) is 43.4 Å². The number of amides is 4. The Hall–Kier alpha value is -3.16. The number of nitrogens with one attached hydrogen (secondary N) is 3. The second-order valence-corrected chi connectivity index (χ2v) is 9.54. The fourth-order valence-corrected chi connectivity index (χ4v) is 3.90. The van der Waals surface area contributed by atoms with Crippen molar-refractivity contribution in [3.8, 4) is 0 Å². The second kappa shape index (κ2) is 17.3. The molecule has 1 aromatic carbocycles. The molecule has 0 heterocycles. The minimum absolute atomic E-state index is 0.0448. The van der Waals surface area contributed by atoms with Crippen molar-refractivity contribution >= 4 is 41.4 Å². The third-order valence-electron chi connectivity index (χ3n) is 5.49. The molecule has 13 heteroatoms. The van der Waals surface area contributed by atoms with Gasteiger partial charge in [-0.25, -0.2) is 4.79 Å². The van der Waals surface area contributed by atoms with E-state index in [4.69, 9.17) is 17.2 Å². The van der Waals surface area contributed by atoms with Gasteiger partial charge in [-0.15, -0.1) is 0 Å². The second-order valence-electron chi connectivity index (χ2n) is 8.55. The Morgan fingerprint density at radius 3 is 2.05 bits per heavy atom. The topological polar surface area (TPSA) is 220 Å². The molecule has 0 saturated carbocycles. The van der Waals surface area contributed by atoms with Gasteiger partial charge in [0.15, 0.2) is 0 Å². The van der Waals surface area contributed by atoms with E-state index in [-0.39, 0.29) is 12.8 Å². The molecule has 0 fully saturated rings. The van der Waals surface area contributed by atoms with Gasteiger partial charge < -0.3 is 38.3 Å². The van der Waals surface area contributed by atoms with Crippen molar-refractivity contribution in [3.05, 3.63) is 35.9 Å². The summed E-state index contributed by atoms with van der Waals surface area (Å²) < 4.78 is 0. The van der Waals surface area contributed by atoms with E-state index in [0.29, 0.717) is 30.7 Å². The van der Waals surface area contributed by atoms with E-state index in [1.54, 1.807) is 30.3 Å². The predicted molar refractivity (Wildman–Crippen MR) is 141 cm³/mol. The summed E-state index contributed by atoms with van der Waals surface area (Å²) in [6.07, 6.45) is 3.38. The van der Waals surface area contributed by atoms with Gasteiger partial charge in [-0.1, -0.05) is 36.8 Å². The highest BCUT2D eigenvalue weighted by Gasteiger charge is 2.31. The van der Waals surface area contributed by atoms with Crippen LogP contribution in [0.15, 0.2) is 30.3 Å². The monoisotopic (exact) mass is 538 g/mol. The van der Waals surface area contributed by atoms with Crippen molar-refractivity contribution in [2.45, 2.75) is 62.7 Å². The van der Waals surface area contributed by atoms with Gasteiger partial charge in [0.25, 0.3) is 0 Å². The molecule has 12 nitrogen and oxygen atoms in total. The van der Waals surface area contributed by atoms with E-state index in [1.807, 2.05) is 6.26 Å². The van der Waals surface area contributed by atoms with Crippen molar-refractivity contribution < 1.29 is 29.1 Å². The Kier molecular flexibility index (Phi) is 14.9. The Morgan fingerprint density at radius 2 is 1.49 bits per heavy atom. The maximum Gasteiger partial charge on any atom is 0.326 e. The molecule has 1 aromatic rings. The lowest BCUT2D eigenvalue weighted by Gasteiger charge is -2.25. The van der Waals surface area contributed by atoms with Gasteiger partial charge in [0.2, 0.25) is 23.6 Å². The average Bonchev–Trinajstić information content (AvgIpc) is 2.85. The number of primary amides is 1. The maximum absolute atomic E-state index is 13.2. The predicted octanol–water partition coefficient (Wildman–Crippen LogP) is -1.15. The molecule has 37 heavy (non-hydrogen) atoms. The van der Waals surface area contributed by atoms with E-state index in [9.17, 15) is 29.1 Å². The molecule has 0 aromatic heterocycles. The molecule has 0 bridgehead atoms. The number of hydrogen-bond donors (Lipinski definition) is 7. The maximum atomic E-state index is 13.2. The van der Waals surface area contributed by atoms with E-state index in [2.05, 4.69) is 16.0 Å². The molecule has 206 valence electrons. The molecule has 0 aliphatic rings. The lowest BCUT2D eigenvalue weighted by Crippen LogP contribution is -2.58. The number of aliphatic carboxylic acids is 1. The van der Waals surface area contributed by atoms with Crippen LogP contribution < -0.4 is 33.2 Å². The summed E-state index contributed by atoms with van der Waals surface area (Å²) in [5, 5.41) is 16.9. The molecule has 0 radical (unpaired) electrons. The molecule has 4 atom stereocenters. The summed E-state index contributed by atoms with van der Waals surface area (Å²) >= 11 is 1.48. The van der Waals surface area contributed by atoms with Crippen molar-refractivity contribution in [3.63, 3.8) is 0 Å². The average molecular weight is 539 g/mol. The van der Waals surface area contributed by atoms with Crippen LogP contribution in [0.3, 0.4) is 0 Å². The summed E-state index contributed by atoms with van der Waals surface area (Å²) in [4.78, 5) is 61.6.